The molecule has 0 aliphatic carbocycles. The van der Waals surface area contributed by atoms with Gasteiger partial charge in [0.1, 0.15) is 5.82 Å². The van der Waals surface area contributed by atoms with Crippen molar-refractivity contribution in [1.82, 2.24) is 4.98 Å². The molecule has 0 spiro atoms. The van der Waals surface area contributed by atoms with E-state index in [1.807, 2.05) is 39.0 Å². The highest BCUT2D eigenvalue weighted by atomic mass is 16.2. The molecule has 2 N–H and O–H groups in total. The minimum Gasteiger partial charge on any atom is -0.318 e. The van der Waals surface area contributed by atoms with Crippen molar-refractivity contribution >= 4 is 23.3 Å². The number of hydrogen-bond donors (Lipinski definition) is 2. The fourth-order valence-electron chi connectivity index (χ4n) is 1.92. The number of carbonyl (C=O) groups is 2. The summed E-state index contributed by atoms with van der Waals surface area (Å²) in [5.74, 6) is -1.10. The molecule has 1 aromatic carbocycles. The molecule has 0 atom stereocenters. The van der Waals surface area contributed by atoms with Crippen molar-refractivity contribution in [3.8, 4) is 0 Å². The van der Waals surface area contributed by atoms with Gasteiger partial charge in [-0.2, -0.15) is 0 Å². The highest BCUT2D eigenvalue weighted by Crippen LogP contribution is 2.16. The van der Waals surface area contributed by atoms with Crippen molar-refractivity contribution in [1.29, 1.82) is 0 Å². The number of rotatable bonds is 2. The third-order valence-corrected chi connectivity index (χ3v) is 2.97. The lowest BCUT2D eigenvalue weighted by Gasteiger charge is -2.09. The number of nitrogens with one attached hydrogen (secondary N) is 2. The molecule has 108 valence electrons. The van der Waals surface area contributed by atoms with Crippen LogP contribution in [0, 0.1) is 20.8 Å². The van der Waals surface area contributed by atoms with Gasteiger partial charge in [-0.25, -0.2) is 4.98 Å². The monoisotopic (exact) mass is 283 g/mol. The smallest absolute Gasteiger partial charge is 0.315 e. The Morgan fingerprint density at radius 2 is 1.67 bits per heavy atom. The molecule has 2 rings (SSSR count). The van der Waals surface area contributed by atoms with E-state index in [2.05, 4.69) is 15.6 Å². The van der Waals surface area contributed by atoms with Crippen LogP contribution in [0.1, 0.15) is 16.8 Å². The number of pyridine rings is 1. The Morgan fingerprint density at radius 1 is 0.952 bits per heavy atom. The Hall–Kier alpha value is -2.69. The number of aromatic nitrogens is 1. The summed E-state index contributed by atoms with van der Waals surface area (Å²) in [5.41, 5.74) is 3.39. The molecule has 5 nitrogen and oxygen atoms in total. The summed E-state index contributed by atoms with van der Waals surface area (Å²) < 4.78 is 0. The summed E-state index contributed by atoms with van der Waals surface area (Å²) in [6.07, 6.45) is 0. The third-order valence-electron chi connectivity index (χ3n) is 2.97. The zero-order valence-corrected chi connectivity index (χ0v) is 12.2. The van der Waals surface area contributed by atoms with Gasteiger partial charge in [-0.3, -0.25) is 9.59 Å². The molecular formula is C16H17N3O2. The lowest BCUT2D eigenvalue weighted by Crippen LogP contribution is -2.29. The summed E-state index contributed by atoms with van der Waals surface area (Å²) in [6.45, 7) is 5.66. The Bertz CT molecular complexity index is 696. The molecule has 0 aliphatic rings. The van der Waals surface area contributed by atoms with Crippen LogP contribution in [0.5, 0.6) is 0 Å². The first-order chi connectivity index (χ1) is 9.95. The molecule has 0 radical (unpaired) electrons. The predicted molar refractivity (Wildman–Crippen MR) is 82.1 cm³/mol. The van der Waals surface area contributed by atoms with Gasteiger partial charge in [0, 0.05) is 11.4 Å². The van der Waals surface area contributed by atoms with E-state index in [1.165, 1.54) is 0 Å². The van der Waals surface area contributed by atoms with Crippen LogP contribution in [0.4, 0.5) is 11.5 Å². The SMILES string of the molecule is Cc1ccc(NC(=O)C(=O)Nc2cccc(C)n2)c(C)c1. The third kappa shape index (κ3) is 3.89. The summed E-state index contributed by atoms with van der Waals surface area (Å²) in [7, 11) is 0. The summed E-state index contributed by atoms with van der Waals surface area (Å²) >= 11 is 0. The van der Waals surface area contributed by atoms with Gasteiger partial charge in [-0.15, -0.1) is 0 Å². The second-order valence-corrected chi connectivity index (χ2v) is 4.89. The molecule has 2 aromatic rings. The van der Waals surface area contributed by atoms with Gasteiger partial charge in [0.2, 0.25) is 0 Å². The van der Waals surface area contributed by atoms with Crippen molar-refractivity contribution in [2.75, 3.05) is 10.6 Å². The fraction of sp³-hybridized carbons (Fsp3) is 0.188. The van der Waals surface area contributed by atoms with Crippen LogP contribution in [0.2, 0.25) is 0 Å². The maximum absolute atomic E-state index is 11.9. The number of carbonyl (C=O) groups excluding carboxylic acids is 2. The van der Waals surface area contributed by atoms with Gasteiger partial charge in [-0.05, 0) is 44.5 Å². The second kappa shape index (κ2) is 6.17. The quantitative estimate of drug-likeness (QED) is 0.832. The van der Waals surface area contributed by atoms with E-state index in [0.717, 1.165) is 16.8 Å². The Labute approximate surface area is 123 Å². The molecule has 0 bridgehead atoms. The Balaban J connectivity index is 2.04. The molecular weight excluding hydrogens is 266 g/mol. The largest absolute Gasteiger partial charge is 0.318 e. The van der Waals surface area contributed by atoms with Gasteiger partial charge in [0.25, 0.3) is 0 Å². The summed E-state index contributed by atoms with van der Waals surface area (Å²) in [4.78, 5) is 27.9. The molecule has 1 aromatic heterocycles. The molecule has 1 heterocycles. The average Bonchev–Trinajstić information content (AvgIpc) is 2.41. The van der Waals surface area contributed by atoms with E-state index in [1.54, 1.807) is 18.2 Å². The minimum absolute atomic E-state index is 0.357. The highest BCUT2D eigenvalue weighted by Gasteiger charge is 2.15. The first-order valence-electron chi connectivity index (χ1n) is 6.59. The minimum atomic E-state index is -0.743. The summed E-state index contributed by atoms with van der Waals surface area (Å²) in [6, 6.07) is 10.8. The van der Waals surface area contributed by atoms with Crippen molar-refractivity contribution in [3.63, 3.8) is 0 Å². The van der Waals surface area contributed by atoms with Gasteiger partial charge in [0.05, 0.1) is 0 Å². The van der Waals surface area contributed by atoms with Crippen LogP contribution in [0.25, 0.3) is 0 Å². The predicted octanol–water partition coefficient (Wildman–Crippen LogP) is 2.58. The fourth-order valence-corrected chi connectivity index (χ4v) is 1.92. The molecule has 5 heteroatoms. The molecule has 0 fully saturated rings. The van der Waals surface area contributed by atoms with E-state index in [4.69, 9.17) is 0 Å². The van der Waals surface area contributed by atoms with E-state index in [0.29, 0.717) is 11.5 Å². The maximum atomic E-state index is 11.9. The van der Waals surface area contributed by atoms with Crippen LogP contribution in [-0.4, -0.2) is 16.8 Å². The van der Waals surface area contributed by atoms with Gasteiger partial charge in [0.15, 0.2) is 0 Å². The zero-order valence-electron chi connectivity index (χ0n) is 12.2. The van der Waals surface area contributed by atoms with Gasteiger partial charge < -0.3 is 10.6 Å². The average molecular weight is 283 g/mol. The number of anilines is 2. The first kappa shape index (κ1) is 14.7. The normalized spacial score (nSPS) is 10.0. The van der Waals surface area contributed by atoms with Crippen LogP contribution in [-0.2, 0) is 9.59 Å². The number of hydrogen-bond acceptors (Lipinski definition) is 3. The van der Waals surface area contributed by atoms with Gasteiger partial charge >= 0.3 is 11.8 Å². The Kier molecular flexibility index (Phi) is 4.33. The number of amides is 2. The standard InChI is InChI=1S/C16H17N3O2/c1-10-7-8-13(11(2)9-10)18-15(20)16(21)19-14-6-4-5-12(3)17-14/h4-9H,1-3H3,(H,18,20)(H,17,19,21). The molecule has 0 saturated heterocycles. The first-order valence-corrected chi connectivity index (χ1v) is 6.59. The summed E-state index contributed by atoms with van der Waals surface area (Å²) in [5, 5.41) is 5.06. The molecule has 0 aliphatic heterocycles. The van der Waals surface area contributed by atoms with Crippen molar-refractivity contribution in [2.24, 2.45) is 0 Å². The van der Waals surface area contributed by atoms with E-state index in [9.17, 15) is 9.59 Å². The zero-order chi connectivity index (χ0) is 15.4. The molecule has 2 amide bonds. The highest BCUT2D eigenvalue weighted by molar-refractivity contribution is 6.43. The van der Waals surface area contributed by atoms with E-state index >= 15 is 0 Å². The topological polar surface area (TPSA) is 71.1 Å². The van der Waals surface area contributed by atoms with Crippen LogP contribution in [0.3, 0.4) is 0 Å². The number of aryl methyl sites for hydroxylation is 3. The molecule has 0 saturated carbocycles. The Morgan fingerprint density at radius 3 is 2.33 bits per heavy atom. The number of nitrogens with zero attached hydrogens (tertiary/aromatic N) is 1. The lowest BCUT2D eigenvalue weighted by atomic mass is 10.1. The van der Waals surface area contributed by atoms with Crippen LogP contribution >= 0.6 is 0 Å². The van der Waals surface area contributed by atoms with Crippen LogP contribution in [0.15, 0.2) is 36.4 Å². The van der Waals surface area contributed by atoms with E-state index in [-0.39, 0.29) is 0 Å². The molecule has 21 heavy (non-hydrogen) atoms. The van der Waals surface area contributed by atoms with E-state index < -0.39 is 11.8 Å². The van der Waals surface area contributed by atoms with Gasteiger partial charge in [-0.1, -0.05) is 23.8 Å². The van der Waals surface area contributed by atoms with Crippen molar-refractivity contribution in [3.05, 3.63) is 53.2 Å². The maximum Gasteiger partial charge on any atom is 0.315 e. The lowest BCUT2D eigenvalue weighted by molar-refractivity contribution is -0.133. The molecule has 0 unspecified atom stereocenters. The van der Waals surface area contributed by atoms with Crippen molar-refractivity contribution in [2.45, 2.75) is 20.8 Å². The van der Waals surface area contributed by atoms with Crippen LogP contribution < -0.4 is 10.6 Å². The second-order valence-electron chi connectivity index (χ2n) is 4.89. The van der Waals surface area contributed by atoms with Crippen molar-refractivity contribution < 1.29 is 9.59 Å². The number of benzene rings is 1.